The van der Waals surface area contributed by atoms with Gasteiger partial charge in [0, 0.05) is 0 Å². The molecule has 0 aliphatic carbocycles. The van der Waals surface area contributed by atoms with Crippen LogP contribution in [-0.2, 0) is 16.1 Å². The molecule has 0 saturated carbocycles. The summed E-state index contributed by atoms with van der Waals surface area (Å²) < 4.78 is 13.5. The summed E-state index contributed by atoms with van der Waals surface area (Å²) in [4.78, 5) is 24.7. The van der Waals surface area contributed by atoms with Crippen LogP contribution in [0.5, 0.6) is 0 Å². The van der Waals surface area contributed by atoms with Crippen LogP contribution in [0.15, 0.2) is 6.07 Å². The molecule has 2 aliphatic rings. The van der Waals surface area contributed by atoms with Crippen LogP contribution in [0.1, 0.15) is 84.4 Å². The number of nitrogens with zero attached hydrogens (tertiary/aromatic N) is 4. The number of amides is 1. The first-order valence-electron chi connectivity index (χ1n) is 16.7. The van der Waals surface area contributed by atoms with Gasteiger partial charge < -0.3 is 5.73 Å². The van der Waals surface area contributed by atoms with Gasteiger partial charge in [-0.05, 0) is 0 Å². The number of unbranched alkanes of at least 4 members (excludes halogenated alkanes) is 3. The van der Waals surface area contributed by atoms with Crippen molar-refractivity contribution in [1.29, 1.82) is 0 Å². The summed E-state index contributed by atoms with van der Waals surface area (Å²) in [7, 11) is 0. The molecule has 4 rings (SSSR count). The third-order valence-corrected chi connectivity index (χ3v) is 29.5. The number of hydrogen-bond acceptors (Lipinski definition) is 7. The van der Waals surface area contributed by atoms with E-state index < -0.39 is 23.9 Å². The number of rotatable bonds is 15. The predicted octanol–water partition coefficient (Wildman–Crippen LogP) is 5.88. The third kappa shape index (κ3) is 7.64. The topological polar surface area (TPSA) is 74.9 Å². The molecular formula is C33H57N5O2SSn. The van der Waals surface area contributed by atoms with Crippen LogP contribution in [0.3, 0.4) is 0 Å². The number of thiophene rings is 1. The van der Waals surface area contributed by atoms with Crippen LogP contribution in [0.25, 0.3) is 10.1 Å². The monoisotopic (exact) mass is 707 g/mol. The number of ether oxygens (including phenoxy) is 1. The Morgan fingerprint density at radius 1 is 0.976 bits per heavy atom. The van der Waals surface area contributed by atoms with Crippen molar-refractivity contribution in [3.05, 3.63) is 17.3 Å². The quantitative estimate of drug-likeness (QED) is 0.234. The normalized spacial score (nSPS) is 17.8. The van der Waals surface area contributed by atoms with E-state index in [1.54, 1.807) is 2.89 Å². The Morgan fingerprint density at radius 3 is 2.07 bits per heavy atom. The Kier molecular flexibility index (Phi) is 12.4. The number of carbonyl (C=O) groups excluding carboxylic acids is 1. The first-order chi connectivity index (χ1) is 20.2. The van der Waals surface area contributed by atoms with Crippen molar-refractivity contribution < 1.29 is 9.53 Å². The van der Waals surface area contributed by atoms with Gasteiger partial charge in [-0.3, -0.25) is 4.79 Å². The number of nitrogens with two attached hydrogens (primary N) is 1. The number of aromatic nitrogens is 1. The van der Waals surface area contributed by atoms with Crippen molar-refractivity contribution in [3.8, 4) is 0 Å². The third-order valence-electron chi connectivity index (χ3n) is 9.99. The first-order valence-corrected chi connectivity index (χ1v) is 25.0. The molecule has 9 heteroatoms. The molecule has 7 nitrogen and oxygen atoms in total. The van der Waals surface area contributed by atoms with E-state index >= 15 is 0 Å². The SMILES string of the molecule is CCC[CH2][Sn]([CH2]CCC)([CH2]CCC)[c]1cc2c(N3CCOCC3)nc(CN3CCN(C(C)(C)C(N)=O)CC3)c(C)c2s1. The summed E-state index contributed by atoms with van der Waals surface area (Å²) in [5, 5.41) is 1.40. The fourth-order valence-corrected chi connectivity index (χ4v) is 27.1. The first kappa shape index (κ1) is 33.9. The van der Waals surface area contributed by atoms with Crippen LogP contribution < -0.4 is 13.5 Å². The minimum atomic E-state index is -2.58. The van der Waals surface area contributed by atoms with E-state index in [0.717, 1.165) is 59.0 Å². The molecule has 0 radical (unpaired) electrons. The molecule has 2 aliphatic heterocycles. The van der Waals surface area contributed by atoms with Gasteiger partial charge in [-0.25, -0.2) is 0 Å². The van der Waals surface area contributed by atoms with Gasteiger partial charge in [-0.1, -0.05) is 0 Å². The molecule has 1 amide bonds. The van der Waals surface area contributed by atoms with Crippen LogP contribution in [-0.4, -0.2) is 97.1 Å². The molecule has 0 aromatic carbocycles. The molecule has 2 aromatic rings. The fraction of sp³-hybridized carbons (Fsp3) is 0.758. The molecule has 236 valence electrons. The second-order valence-corrected chi connectivity index (χ2v) is 28.5. The predicted molar refractivity (Wildman–Crippen MR) is 182 cm³/mol. The van der Waals surface area contributed by atoms with E-state index in [1.807, 2.05) is 13.8 Å². The maximum absolute atomic E-state index is 12.0. The summed E-state index contributed by atoms with van der Waals surface area (Å²) in [5.74, 6) is 0.937. The van der Waals surface area contributed by atoms with Gasteiger partial charge in [0.2, 0.25) is 0 Å². The summed E-state index contributed by atoms with van der Waals surface area (Å²) in [6.45, 7) is 21.1. The van der Waals surface area contributed by atoms with E-state index in [2.05, 4.69) is 59.8 Å². The zero-order valence-corrected chi connectivity index (χ0v) is 31.1. The van der Waals surface area contributed by atoms with Gasteiger partial charge in [0.1, 0.15) is 0 Å². The van der Waals surface area contributed by atoms with E-state index in [9.17, 15) is 4.79 Å². The van der Waals surface area contributed by atoms with Crippen molar-refractivity contribution in [2.75, 3.05) is 57.4 Å². The van der Waals surface area contributed by atoms with Crippen LogP contribution in [0.4, 0.5) is 5.82 Å². The van der Waals surface area contributed by atoms with Crippen molar-refractivity contribution in [2.45, 2.75) is 105 Å². The van der Waals surface area contributed by atoms with Crippen molar-refractivity contribution in [1.82, 2.24) is 14.8 Å². The number of primary amides is 1. The molecule has 0 spiro atoms. The Labute approximate surface area is 263 Å². The second-order valence-electron chi connectivity index (χ2n) is 13.2. The molecule has 2 saturated heterocycles. The average Bonchev–Trinajstić information content (AvgIpc) is 3.45. The number of morpholine rings is 1. The zero-order chi connectivity index (χ0) is 30.3. The number of pyridine rings is 1. The molecule has 2 fully saturated rings. The average molecular weight is 707 g/mol. The molecule has 4 heterocycles. The zero-order valence-electron chi connectivity index (χ0n) is 27.4. The van der Waals surface area contributed by atoms with Crippen LogP contribution >= 0.6 is 11.3 Å². The minimum absolute atomic E-state index is 0.249. The fourth-order valence-electron chi connectivity index (χ4n) is 6.79. The van der Waals surface area contributed by atoms with Gasteiger partial charge in [0.25, 0.3) is 0 Å². The number of hydrogen-bond donors (Lipinski definition) is 1. The number of carbonyl (C=O) groups is 1. The summed E-state index contributed by atoms with van der Waals surface area (Å²) >= 11 is -0.417. The maximum atomic E-state index is 12.0. The van der Waals surface area contributed by atoms with Crippen molar-refractivity contribution in [2.24, 2.45) is 5.73 Å². The van der Waals surface area contributed by atoms with Gasteiger partial charge in [-0.15, -0.1) is 0 Å². The van der Waals surface area contributed by atoms with Gasteiger partial charge in [0.05, 0.1) is 0 Å². The van der Waals surface area contributed by atoms with Crippen LogP contribution in [0, 0.1) is 6.92 Å². The van der Waals surface area contributed by atoms with Gasteiger partial charge in [-0.2, -0.15) is 0 Å². The molecule has 2 N–H and O–H groups in total. The van der Waals surface area contributed by atoms with Crippen molar-refractivity contribution in [3.63, 3.8) is 0 Å². The Bertz CT molecular complexity index is 1150. The number of aryl methyl sites for hydroxylation is 1. The van der Waals surface area contributed by atoms with Gasteiger partial charge >= 0.3 is 254 Å². The summed E-state index contributed by atoms with van der Waals surface area (Å²) in [6.07, 6.45) is 8.06. The van der Waals surface area contributed by atoms with E-state index in [-0.39, 0.29) is 5.91 Å². The van der Waals surface area contributed by atoms with Crippen LogP contribution in [0.2, 0.25) is 13.3 Å². The van der Waals surface area contributed by atoms with E-state index in [1.165, 1.54) is 79.0 Å². The second kappa shape index (κ2) is 15.4. The molecule has 0 bridgehead atoms. The van der Waals surface area contributed by atoms with E-state index in [0.29, 0.717) is 0 Å². The molecule has 0 atom stereocenters. The summed E-state index contributed by atoms with van der Waals surface area (Å²) in [5.41, 5.74) is 7.70. The number of anilines is 1. The van der Waals surface area contributed by atoms with E-state index in [4.69, 9.17) is 15.5 Å². The molecular weight excluding hydrogens is 649 g/mol. The summed E-state index contributed by atoms with van der Waals surface area (Å²) in [6, 6.07) is 2.65. The molecule has 2 aromatic heterocycles. The Hall–Kier alpha value is -0.941. The molecule has 42 heavy (non-hydrogen) atoms. The number of piperazine rings is 1. The standard InChI is InChI=1S/C21H30N5O2S.3C4H9.Sn/c1-15-17(14-24-5-7-26(8-6-24)21(2,3)20(22)27)23-19(16-4-13-29-18(15)16)25-9-11-28-12-10-25;3*1-3-4-2;/h4H,5-12,14H2,1-3H3,(H2,22,27);3*1,3-4H2,2H3;. The number of fused-ring (bicyclic) bond motifs is 1. The van der Waals surface area contributed by atoms with Gasteiger partial charge in [0.15, 0.2) is 0 Å². The van der Waals surface area contributed by atoms with Crippen molar-refractivity contribution >= 4 is 54.4 Å². The Balaban J connectivity index is 1.71. The molecule has 0 unspecified atom stereocenters. The Morgan fingerprint density at radius 2 is 1.55 bits per heavy atom.